The second-order valence-corrected chi connectivity index (χ2v) is 10.8. The molecule has 0 N–H and O–H groups in total. The monoisotopic (exact) mass is 529 g/mol. The van der Waals surface area contributed by atoms with Crippen molar-refractivity contribution in [1.82, 2.24) is 29.5 Å². The van der Waals surface area contributed by atoms with E-state index in [2.05, 4.69) is 94.4 Å². The van der Waals surface area contributed by atoms with Crippen LogP contribution in [0.4, 0.5) is 5.95 Å². The lowest BCUT2D eigenvalue weighted by atomic mass is 9.92. The lowest BCUT2D eigenvalue weighted by molar-refractivity contribution is 0.0115. The van der Waals surface area contributed by atoms with Crippen molar-refractivity contribution in [3.8, 4) is 5.69 Å². The molecule has 7 heteroatoms. The molecule has 2 aliphatic heterocycles. The van der Waals surface area contributed by atoms with Gasteiger partial charge in [0.15, 0.2) is 5.65 Å². The average Bonchev–Trinajstić information content (AvgIpc) is 3.38. The molecule has 0 aliphatic carbocycles. The van der Waals surface area contributed by atoms with Gasteiger partial charge in [0.25, 0.3) is 0 Å². The van der Waals surface area contributed by atoms with Crippen LogP contribution in [0.15, 0.2) is 97.2 Å². The molecule has 0 saturated carbocycles. The Morgan fingerprint density at radius 1 is 0.775 bits per heavy atom. The second-order valence-electron chi connectivity index (χ2n) is 10.8. The largest absolute Gasteiger partial charge is 0.338 e. The highest BCUT2D eigenvalue weighted by Gasteiger charge is 2.38. The molecule has 0 bridgehead atoms. The smallest absolute Gasteiger partial charge is 0.227 e. The first kappa shape index (κ1) is 24.9. The Balaban J connectivity index is 1.03. The average molecular weight is 530 g/mol. The van der Waals surface area contributed by atoms with Crippen molar-refractivity contribution in [2.24, 2.45) is 0 Å². The zero-order chi connectivity index (χ0) is 26.9. The molecule has 3 aromatic carbocycles. The fourth-order valence-electron chi connectivity index (χ4n) is 6.22. The third kappa shape index (κ3) is 4.65. The van der Waals surface area contributed by atoms with E-state index in [1.54, 1.807) is 0 Å². The molecule has 0 spiro atoms. The maximum absolute atomic E-state index is 5.04. The van der Waals surface area contributed by atoms with Gasteiger partial charge < -0.3 is 4.90 Å². The van der Waals surface area contributed by atoms with E-state index >= 15 is 0 Å². The van der Waals surface area contributed by atoms with Gasteiger partial charge in [0, 0.05) is 51.5 Å². The summed E-state index contributed by atoms with van der Waals surface area (Å²) in [7, 11) is 0. The predicted molar refractivity (Wildman–Crippen MR) is 160 cm³/mol. The molecule has 40 heavy (non-hydrogen) atoms. The van der Waals surface area contributed by atoms with Crippen molar-refractivity contribution in [2.75, 3.05) is 44.2 Å². The minimum atomic E-state index is 0.308. The molecule has 5 aromatic rings. The van der Waals surface area contributed by atoms with Crippen LogP contribution >= 0.6 is 0 Å². The third-order valence-corrected chi connectivity index (χ3v) is 8.42. The third-order valence-electron chi connectivity index (χ3n) is 8.42. The van der Waals surface area contributed by atoms with Gasteiger partial charge >= 0.3 is 0 Å². The number of benzene rings is 3. The summed E-state index contributed by atoms with van der Waals surface area (Å²) in [6.45, 7) is 8.23. The molecule has 0 amide bonds. The summed E-state index contributed by atoms with van der Waals surface area (Å²) in [5, 5.41) is 5.90. The van der Waals surface area contributed by atoms with Gasteiger partial charge in [0.2, 0.25) is 5.95 Å². The van der Waals surface area contributed by atoms with Gasteiger partial charge in [-0.05, 0) is 29.7 Å². The summed E-state index contributed by atoms with van der Waals surface area (Å²) in [4.78, 5) is 17.4. The maximum Gasteiger partial charge on any atom is 0.227 e. The normalized spacial score (nSPS) is 17.0. The zero-order valence-electron chi connectivity index (χ0n) is 23.0. The molecule has 2 aliphatic rings. The maximum atomic E-state index is 5.04. The molecule has 2 saturated heterocycles. The summed E-state index contributed by atoms with van der Waals surface area (Å²) in [6.07, 6.45) is 2.82. The van der Waals surface area contributed by atoms with Gasteiger partial charge in [-0.25, -0.2) is 9.67 Å². The van der Waals surface area contributed by atoms with Gasteiger partial charge in [-0.15, -0.1) is 0 Å². The second kappa shape index (κ2) is 10.8. The Morgan fingerprint density at radius 3 is 1.98 bits per heavy atom. The van der Waals surface area contributed by atoms with Crippen LogP contribution in [-0.4, -0.2) is 74.9 Å². The Hall–Kier alpha value is -4.07. The van der Waals surface area contributed by atoms with Crippen molar-refractivity contribution in [2.45, 2.75) is 25.4 Å². The zero-order valence-corrected chi connectivity index (χ0v) is 23.0. The number of hydrogen-bond acceptors (Lipinski definition) is 6. The number of nitrogens with zero attached hydrogens (tertiary/aromatic N) is 7. The van der Waals surface area contributed by atoms with Crippen molar-refractivity contribution >= 4 is 17.0 Å². The van der Waals surface area contributed by atoms with E-state index in [1.165, 1.54) is 11.1 Å². The summed E-state index contributed by atoms with van der Waals surface area (Å²) < 4.78 is 1.97. The predicted octanol–water partition coefficient (Wildman–Crippen LogP) is 4.97. The molecule has 2 fully saturated rings. The molecule has 2 aromatic heterocycles. The number of hydrogen-bond donors (Lipinski definition) is 0. The number of rotatable bonds is 7. The van der Waals surface area contributed by atoms with Crippen LogP contribution < -0.4 is 4.90 Å². The highest BCUT2D eigenvalue weighted by molar-refractivity contribution is 5.80. The molecular weight excluding hydrogens is 494 g/mol. The minimum Gasteiger partial charge on any atom is -0.338 e. The van der Waals surface area contributed by atoms with Crippen LogP contribution in [0.25, 0.3) is 16.7 Å². The number of para-hydroxylation sites is 1. The van der Waals surface area contributed by atoms with Crippen molar-refractivity contribution < 1.29 is 0 Å². The number of piperazine rings is 1. The van der Waals surface area contributed by atoms with E-state index < -0.39 is 0 Å². The van der Waals surface area contributed by atoms with Gasteiger partial charge in [-0.2, -0.15) is 10.1 Å². The van der Waals surface area contributed by atoms with Crippen molar-refractivity contribution in [3.63, 3.8) is 0 Å². The number of aryl methyl sites for hydroxylation is 1. The van der Waals surface area contributed by atoms with Crippen LogP contribution in [0, 0.1) is 0 Å². The van der Waals surface area contributed by atoms with E-state index in [0.29, 0.717) is 12.1 Å². The van der Waals surface area contributed by atoms with Gasteiger partial charge in [0.05, 0.1) is 22.8 Å². The van der Waals surface area contributed by atoms with Crippen LogP contribution in [0.5, 0.6) is 0 Å². The lowest BCUT2D eigenvalue weighted by Gasteiger charge is -2.51. The van der Waals surface area contributed by atoms with Gasteiger partial charge in [-0.1, -0.05) is 85.8 Å². The molecular formula is C33H35N7. The molecule has 202 valence electrons. The number of aromatic nitrogens is 4. The van der Waals surface area contributed by atoms with E-state index in [9.17, 15) is 0 Å². The summed E-state index contributed by atoms with van der Waals surface area (Å²) in [5.41, 5.74) is 5.68. The highest BCUT2D eigenvalue weighted by Crippen LogP contribution is 2.34. The van der Waals surface area contributed by atoms with Crippen molar-refractivity contribution in [1.29, 1.82) is 0 Å². The lowest BCUT2D eigenvalue weighted by Crippen LogP contribution is -2.63. The quantitative estimate of drug-likeness (QED) is 0.297. The standard InChI is InChI=1S/C33H35N7/c1-2-30-29-22-34-33(35-32(29)40(36-30)27-16-10-5-11-17-27)38-20-18-37(19-21-38)28-23-39(24-28)31(25-12-6-3-7-13-25)26-14-8-4-9-15-26/h3-17,22,28,31H,2,18-21,23-24H2,1H3. The summed E-state index contributed by atoms with van der Waals surface area (Å²) in [5.74, 6) is 0.801. The first-order chi connectivity index (χ1) is 19.8. The summed E-state index contributed by atoms with van der Waals surface area (Å²) >= 11 is 0. The molecule has 0 unspecified atom stereocenters. The molecule has 0 atom stereocenters. The van der Waals surface area contributed by atoms with E-state index in [4.69, 9.17) is 15.1 Å². The molecule has 7 nitrogen and oxygen atoms in total. The highest BCUT2D eigenvalue weighted by atomic mass is 15.4. The van der Waals surface area contributed by atoms with E-state index in [1.807, 2.05) is 29.1 Å². The molecule has 0 radical (unpaired) electrons. The van der Waals surface area contributed by atoms with Crippen LogP contribution in [0.1, 0.15) is 29.8 Å². The Kier molecular flexibility index (Phi) is 6.75. The SMILES string of the molecule is CCc1nn(-c2ccccc2)c2nc(N3CCN(C4CN(C(c5ccccc5)c5ccccc5)C4)CC3)ncc12. The van der Waals surface area contributed by atoms with E-state index in [0.717, 1.165) is 74.1 Å². The topological polar surface area (TPSA) is 53.3 Å². The minimum absolute atomic E-state index is 0.308. The summed E-state index contributed by atoms with van der Waals surface area (Å²) in [6, 6.07) is 33.0. The van der Waals surface area contributed by atoms with Crippen molar-refractivity contribution in [3.05, 3.63) is 114 Å². The Bertz CT molecular complexity index is 1520. The van der Waals surface area contributed by atoms with Crippen LogP contribution in [0.2, 0.25) is 0 Å². The number of anilines is 1. The van der Waals surface area contributed by atoms with Gasteiger partial charge in [-0.3, -0.25) is 9.80 Å². The molecule has 7 rings (SSSR count). The molecule has 4 heterocycles. The van der Waals surface area contributed by atoms with Gasteiger partial charge in [0.1, 0.15) is 0 Å². The number of likely N-dealkylation sites (tertiary alicyclic amines) is 1. The fraction of sp³-hybridized carbons (Fsp3) is 0.303. The first-order valence-corrected chi connectivity index (χ1v) is 14.4. The fourth-order valence-corrected chi connectivity index (χ4v) is 6.22. The Labute approximate surface area is 235 Å². The first-order valence-electron chi connectivity index (χ1n) is 14.4. The van der Waals surface area contributed by atoms with Crippen LogP contribution in [0.3, 0.4) is 0 Å². The van der Waals surface area contributed by atoms with Crippen LogP contribution in [-0.2, 0) is 6.42 Å². The van der Waals surface area contributed by atoms with E-state index in [-0.39, 0.29) is 0 Å². The number of fused-ring (bicyclic) bond motifs is 1. The Morgan fingerprint density at radius 2 is 1.38 bits per heavy atom.